The first-order valence-corrected chi connectivity index (χ1v) is 5.80. The van der Waals surface area contributed by atoms with E-state index >= 15 is 0 Å². The highest BCUT2D eigenvalue weighted by Gasteiger charge is 2.13. The van der Waals surface area contributed by atoms with Gasteiger partial charge >= 0.3 is 0 Å². The van der Waals surface area contributed by atoms with Crippen molar-refractivity contribution in [1.29, 1.82) is 0 Å². The fourth-order valence-corrected chi connectivity index (χ4v) is 1.24. The van der Waals surface area contributed by atoms with Crippen molar-refractivity contribution in [3.63, 3.8) is 0 Å². The maximum atomic E-state index is 11.4. The highest BCUT2D eigenvalue weighted by atomic mass is 79.9. The molecule has 0 saturated heterocycles. The SMILES string of the molecule is CCC(Br)C(=O)NCc1nc(C)c(C)o1. The van der Waals surface area contributed by atoms with Gasteiger partial charge in [-0.3, -0.25) is 4.79 Å². The molecular formula is C10H15BrN2O2. The highest BCUT2D eigenvalue weighted by Crippen LogP contribution is 2.08. The number of aryl methyl sites for hydroxylation is 2. The summed E-state index contributed by atoms with van der Waals surface area (Å²) in [4.78, 5) is 15.4. The Kier molecular flexibility index (Phi) is 4.32. The lowest BCUT2D eigenvalue weighted by molar-refractivity contribution is -0.120. The first-order chi connectivity index (χ1) is 7.04. The Morgan fingerprint density at radius 1 is 1.60 bits per heavy atom. The molecule has 0 saturated carbocycles. The number of nitrogens with zero attached hydrogens (tertiary/aromatic N) is 1. The second-order valence-corrected chi connectivity index (χ2v) is 4.45. The van der Waals surface area contributed by atoms with E-state index < -0.39 is 0 Å². The predicted octanol–water partition coefficient (Wildman–Crippen LogP) is 2.08. The number of alkyl halides is 1. The van der Waals surface area contributed by atoms with Crippen molar-refractivity contribution in [3.8, 4) is 0 Å². The Bertz CT molecular complexity index is 330. The molecule has 0 fully saturated rings. The Balaban J connectivity index is 2.47. The minimum atomic E-state index is -0.144. The van der Waals surface area contributed by atoms with E-state index in [2.05, 4.69) is 26.2 Å². The van der Waals surface area contributed by atoms with E-state index in [0.29, 0.717) is 12.4 Å². The molecule has 1 aromatic rings. The molecule has 0 aromatic carbocycles. The fraction of sp³-hybridized carbons (Fsp3) is 0.600. The third kappa shape index (κ3) is 3.34. The number of oxazole rings is 1. The molecule has 0 bridgehead atoms. The summed E-state index contributed by atoms with van der Waals surface area (Å²) in [6, 6.07) is 0. The molecule has 1 amide bonds. The van der Waals surface area contributed by atoms with Gasteiger partial charge in [0.2, 0.25) is 11.8 Å². The molecule has 15 heavy (non-hydrogen) atoms. The van der Waals surface area contributed by atoms with Gasteiger partial charge in [0.15, 0.2) is 0 Å². The summed E-state index contributed by atoms with van der Waals surface area (Å²) in [5.41, 5.74) is 0.866. The Labute approximate surface area is 97.6 Å². The number of halogens is 1. The lowest BCUT2D eigenvalue weighted by Crippen LogP contribution is -2.30. The molecule has 1 rings (SSSR count). The van der Waals surface area contributed by atoms with Crippen LogP contribution in [0.15, 0.2) is 4.42 Å². The first-order valence-electron chi connectivity index (χ1n) is 4.89. The van der Waals surface area contributed by atoms with Crippen molar-refractivity contribution >= 4 is 21.8 Å². The molecule has 1 atom stereocenters. The van der Waals surface area contributed by atoms with E-state index in [1.165, 1.54) is 0 Å². The maximum Gasteiger partial charge on any atom is 0.234 e. The number of hydrogen-bond donors (Lipinski definition) is 1. The molecule has 0 spiro atoms. The van der Waals surface area contributed by atoms with Crippen LogP contribution in [0.5, 0.6) is 0 Å². The number of rotatable bonds is 4. The van der Waals surface area contributed by atoms with E-state index in [0.717, 1.165) is 17.9 Å². The molecule has 1 aromatic heterocycles. The summed E-state index contributed by atoms with van der Waals surface area (Å²) in [6.45, 7) is 6.02. The number of carbonyl (C=O) groups is 1. The fourth-order valence-electron chi connectivity index (χ4n) is 1.07. The predicted molar refractivity (Wildman–Crippen MR) is 60.8 cm³/mol. The van der Waals surface area contributed by atoms with Crippen LogP contribution in [0, 0.1) is 13.8 Å². The van der Waals surface area contributed by atoms with Gasteiger partial charge in [-0.2, -0.15) is 0 Å². The molecule has 5 heteroatoms. The largest absolute Gasteiger partial charge is 0.444 e. The van der Waals surface area contributed by atoms with E-state index in [9.17, 15) is 4.79 Å². The van der Waals surface area contributed by atoms with Crippen molar-refractivity contribution in [2.75, 3.05) is 0 Å². The third-order valence-corrected chi connectivity index (χ3v) is 3.19. The van der Waals surface area contributed by atoms with Crippen LogP contribution >= 0.6 is 15.9 Å². The molecule has 1 heterocycles. The van der Waals surface area contributed by atoms with Gasteiger partial charge in [-0.25, -0.2) is 4.98 Å². The lowest BCUT2D eigenvalue weighted by atomic mass is 10.3. The molecule has 0 aliphatic rings. The molecule has 0 aliphatic carbocycles. The van der Waals surface area contributed by atoms with Gasteiger partial charge in [-0.1, -0.05) is 22.9 Å². The van der Waals surface area contributed by atoms with Crippen LogP contribution in [0.25, 0.3) is 0 Å². The van der Waals surface area contributed by atoms with Crippen LogP contribution in [0.1, 0.15) is 30.7 Å². The number of carbonyl (C=O) groups excluding carboxylic acids is 1. The molecule has 1 N–H and O–H groups in total. The number of aromatic nitrogens is 1. The first kappa shape index (κ1) is 12.2. The van der Waals surface area contributed by atoms with Crippen LogP contribution in [-0.2, 0) is 11.3 Å². The second kappa shape index (κ2) is 5.30. The van der Waals surface area contributed by atoms with Gasteiger partial charge in [-0.15, -0.1) is 0 Å². The van der Waals surface area contributed by atoms with Crippen molar-refractivity contribution in [2.24, 2.45) is 0 Å². The summed E-state index contributed by atoms with van der Waals surface area (Å²) in [5, 5.41) is 2.75. The van der Waals surface area contributed by atoms with Gasteiger partial charge in [0.05, 0.1) is 17.1 Å². The van der Waals surface area contributed by atoms with Crippen molar-refractivity contribution in [3.05, 3.63) is 17.3 Å². The van der Waals surface area contributed by atoms with E-state index in [1.54, 1.807) is 0 Å². The molecule has 0 aliphatic heterocycles. The summed E-state index contributed by atoms with van der Waals surface area (Å²) < 4.78 is 5.34. The number of hydrogen-bond acceptors (Lipinski definition) is 3. The van der Waals surface area contributed by atoms with Gasteiger partial charge in [0, 0.05) is 0 Å². The van der Waals surface area contributed by atoms with Crippen LogP contribution in [-0.4, -0.2) is 15.7 Å². The maximum absolute atomic E-state index is 11.4. The summed E-state index contributed by atoms with van der Waals surface area (Å²) in [5.74, 6) is 1.31. The number of nitrogens with one attached hydrogen (secondary N) is 1. The van der Waals surface area contributed by atoms with Crippen LogP contribution < -0.4 is 5.32 Å². The Morgan fingerprint density at radius 3 is 2.73 bits per heavy atom. The van der Waals surface area contributed by atoms with Gasteiger partial charge in [-0.05, 0) is 20.3 Å². The summed E-state index contributed by atoms with van der Waals surface area (Å²) in [7, 11) is 0. The summed E-state index contributed by atoms with van der Waals surface area (Å²) in [6.07, 6.45) is 0.759. The normalized spacial score (nSPS) is 12.5. The standard InChI is InChI=1S/C10H15BrN2O2/c1-4-8(11)10(14)12-5-9-13-6(2)7(3)15-9/h8H,4-5H2,1-3H3,(H,12,14). The minimum Gasteiger partial charge on any atom is -0.444 e. The molecular weight excluding hydrogens is 260 g/mol. The minimum absolute atomic E-state index is 0.0361. The second-order valence-electron chi connectivity index (χ2n) is 3.34. The molecule has 0 radical (unpaired) electrons. The zero-order valence-electron chi connectivity index (χ0n) is 9.13. The number of amides is 1. The highest BCUT2D eigenvalue weighted by molar-refractivity contribution is 9.10. The van der Waals surface area contributed by atoms with Gasteiger partial charge < -0.3 is 9.73 Å². The van der Waals surface area contributed by atoms with E-state index in [4.69, 9.17) is 4.42 Å². The zero-order valence-corrected chi connectivity index (χ0v) is 10.7. The topological polar surface area (TPSA) is 55.1 Å². The molecule has 4 nitrogen and oxygen atoms in total. The van der Waals surface area contributed by atoms with Crippen LogP contribution in [0.3, 0.4) is 0 Å². The Hall–Kier alpha value is -0.840. The quantitative estimate of drug-likeness (QED) is 0.856. The third-order valence-electron chi connectivity index (χ3n) is 2.13. The van der Waals surface area contributed by atoms with Gasteiger partial charge in [0.1, 0.15) is 5.76 Å². The van der Waals surface area contributed by atoms with Gasteiger partial charge in [0.25, 0.3) is 0 Å². The van der Waals surface area contributed by atoms with Crippen molar-refractivity contribution in [2.45, 2.75) is 38.6 Å². The molecule has 1 unspecified atom stereocenters. The zero-order chi connectivity index (χ0) is 11.4. The lowest BCUT2D eigenvalue weighted by Gasteiger charge is -2.06. The van der Waals surface area contributed by atoms with E-state index in [1.807, 2.05) is 20.8 Å². The van der Waals surface area contributed by atoms with Crippen LogP contribution in [0.4, 0.5) is 0 Å². The Morgan fingerprint density at radius 2 is 2.27 bits per heavy atom. The van der Waals surface area contributed by atoms with E-state index in [-0.39, 0.29) is 10.7 Å². The monoisotopic (exact) mass is 274 g/mol. The smallest absolute Gasteiger partial charge is 0.234 e. The van der Waals surface area contributed by atoms with Crippen molar-refractivity contribution in [1.82, 2.24) is 10.3 Å². The van der Waals surface area contributed by atoms with Crippen LogP contribution in [0.2, 0.25) is 0 Å². The van der Waals surface area contributed by atoms with Crippen molar-refractivity contribution < 1.29 is 9.21 Å². The summed E-state index contributed by atoms with van der Waals surface area (Å²) >= 11 is 3.27. The average molecular weight is 275 g/mol. The average Bonchev–Trinajstić information content (AvgIpc) is 2.54. The molecule has 84 valence electrons.